The van der Waals surface area contributed by atoms with Crippen LogP contribution < -0.4 is 0 Å². The molecule has 0 bridgehead atoms. The van der Waals surface area contributed by atoms with Gasteiger partial charge in [-0.1, -0.05) is 23.7 Å². The lowest BCUT2D eigenvalue weighted by molar-refractivity contribution is -0.141. The maximum absolute atomic E-state index is 12.8. The topological polar surface area (TPSA) is 57.6 Å². The first kappa shape index (κ1) is 17.8. The zero-order chi connectivity index (χ0) is 18.0. The Balaban J connectivity index is 1.82. The number of carboxylic acid groups (broad SMARTS) is 1. The maximum atomic E-state index is 12.8. The van der Waals surface area contributed by atoms with E-state index in [0.717, 1.165) is 10.5 Å². The van der Waals surface area contributed by atoms with Crippen LogP contribution >= 0.6 is 23.4 Å². The van der Waals surface area contributed by atoms with Gasteiger partial charge in [0.15, 0.2) is 0 Å². The number of carboxylic acids is 1. The Bertz CT molecular complexity index is 776. The van der Waals surface area contributed by atoms with Gasteiger partial charge in [0.05, 0.1) is 5.92 Å². The van der Waals surface area contributed by atoms with Crippen LogP contribution in [0.2, 0.25) is 5.02 Å². The summed E-state index contributed by atoms with van der Waals surface area (Å²) in [6.45, 7) is 0.605. The van der Waals surface area contributed by atoms with E-state index < -0.39 is 11.9 Å². The van der Waals surface area contributed by atoms with E-state index in [1.54, 1.807) is 40.9 Å². The minimum Gasteiger partial charge on any atom is -0.481 e. The standard InChI is InChI=1S/C19H18ClNO3S/c1-25-15-8-4-13(5-9-15)18(22)21-10-16(17(11-21)19(23)24)12-2-6-14(20)7-3-12/h2-9,16-17H,10-11H2,1H3,(H,23,24)/t16-,17+/m0/s1. The van der Waals surface area contributed by atoms with E-state index in [4.69, 9.17) is 11.6 Å². The van der Waals surface area contributed by atoms with Crippen molar-refractivity contribution in [1.82, 2.24) is 4.90 Å². The maximum Gasteiger partial charge on any atom is 0.308 e. The molecule has 2 aromatic rings. The Morgan fingerprint density at radius 1 is 1.08 bits per heavy atom. The summed E-state index contributed by atoms with van der Waals surface area (Å²) in [7, 11) is 0. The molecule has 2 aromatic carbocycles. The number of amides is 1. The summed E-state index contributed by atoms with van der Waals surface area (Å²) in [5.74, 6) is -1.86. The molecule has 3 rings (SSSR count). The van der Waals surface area contributed by atoms with Gasteiger partial charge < -0.3 is 10.0 Å². The average molecular weight is 376 g/mol. The molecular weight excluding hydrogens is 358 g/mol. The van der Waals surface area contributed by atoms with Crippen LogP contribution in [0.4, 0.5) is 0 Å². The lowest BCUT2D eigenvalue weighted by Gasteiger charge is -2.17. The van der Waals surface area contributed by atoms with Crippen molar-refractivity contribution in [3.05, 3.63) is 64.7 Å². The zero-order valence-electron chi connectivity index (χ0n) is 13.7. The molecule has 0 unspecified atom stereocenters. The van der Waals surface area contributed by atoms with Crippen molar-refractivity contribution >= 4 is 35.2 Å². The van der Waals surface area contributed by atoms with E-state index in [1.807, 2.05) is 30.5 Å². The molecule has 1 fully saturated rings. The number of nitrogens with zero attached hydrogens (tertiary/aromatic N) is 1. The molecule has 4 nitrogen and oxygen atoms in total. The van der Waals surface area contributed by atoms with Gasteiger partial charge in [0.1, 0.15) is 0 Å². The number of benzene rings is 2. The molecule has 0 aliphatic carbocycles. The average Bonchev–Trinajstić information content (AvgIpc) is 3.07. The van der Waals surface area contributed by atoms with Crippen LogP contribution in [0.25, 0.3) is 0 Å². The van der Waals surface area contributed by atoms with Crippen molar-refractivity contribution < 1.29 is 14.7 Å². The third kappa shape index (κ3) is 3.83. The number of hydrogen-bond acceptors (Lipinski definition) is 3. The number of aliphatic carboxylic acids is 1. The van der Waals surface area contributed by atoms with Crippen molar-refractivity contribution in [3.8, 4) is 0 Å². The quantitative estimate of drug-likeness (QED) is 0.820. The van der Waals surface area contributed by atoms with Crippen molar-refractivity contribution in [3.63, 3.8) is 0 Å². The first-order valence-corrected chi connectivity index (χ1v) is 9.51. The van der Waals surface area contributed by atoms with Gasteiger partial charge >= 0.3 is 5.97 Å². The molecule has 130 valence electrons. The van der Waals surface area contributed by atoms with Gasteiger partial charge in [0, 0.05) is 34.5 Å². The van der Waals surface area contributed by atoms with E-state index in [-0.39, 0.29) is 18.4 Å². The first-order chi connectivity index (χ1) is 12.0. The highest BCUT2D eigenvalue weighted by Gasteiger charge is 2.40. The monoisotopic (exact) mass is 375 g/mol. The Kier molecular flexibility index (Phi) is 5.35. The molecule has 0 radical (unpaired) electrons. The summed E-state index contributed by atoms with van der Waals surface area (Å²) in [6.07, 6.45) is 1.98. The molecule has 1 heterocycles. The fraction of sp³-hybridized carbons (Fsp3) is 0.263. The van der Waals surface area contributed by atoms with Crippen LogP contribution in [0, 0.1) is 5.92 Å². The minimum absolute atomic E-state index is 0.129. The van der Waals surface area contributed by atoms with Crippen molar-refractivity contribution in [2.45, 2.75) is 10.8 Å². The summed E-state index contributed by atoms with van der Waals surface area (Å²) in [5, 5.41) is 10.2. The highest BCUT2D eigenvalue weighted by atomic mass is 35.5. The largest absolute Gasteiger partial charge is 0.481 e. The molecule has 25 heavy (non-hydrogen) atoms. The number of hydrogen-bond donors (Lipinski definition) is 1. The molecule has 1 saturated heterocycles. The second-order valence-electron chi connectivity index (χ2n) is 6.04. The van der Waals surface area contributed by atoms with Crippen LogP contribution in [-0.4, -0.2) is 41.2 Å². The lowest BCUT2D eigenvalue weighted by atomic mass is 9.89. The summed E-state index contributed by atoms with van der Waals surface area (Å²) in [4.78, 5) is 27.1. The van der Waals surface area contributed by atoms with Crippen molar-refractivity contribution in [2.75, 3.05) is 19.3 Å². The summed E-state index contributed by atoms with van der Waals surface area (Å²) in [5.41, 5.74) is 1.48. The van der Waals surface area contributed by atoms with Crippen LogP contribution in [0.15, 0.2) is 53.4 Å². The summed E-state index contributed by atoms with van der Waals surface area (Å²) >= 11 is 7.53. The number of carbonyl (C=O) groups excluding carboxylic acids is 1. The predicted octanol–water partition coefficient (Wildman–Crippen LogP) is 4.00. The second-order valence-corrected chi connectivity index (χ2v) is 7.36. The molecule has 2 atom stereocenters. The van der Waals surface area contributed by atoms with E-state index in [2.05, 4.69) is 0 Å². The molecule has 0 spiro atoms. The van der Waals surface area contributed by atoms with Crippen LogP contribution in [0.5, 0.6) is 0 Å². The van der Waals surface area contributed by atoms with E-state index in [0.29, 0.717) is 17.1 Å². The molecule has 1 N–H and O–H groups in total. The minimum atomic E-state index is -0.881. The van der Waals surface area contributed by atoms with Gasteiger partial charge in [0.25, 0.3) is 5.91 Å². The number of thioether (sulfide) groups is 1. The number of rotatable bonds is 4. The van der Waals surface area contributed by atoms with Gasteiger partial charge in [-0.3, -0.25) is 9.59 Å². The van der Waals surface area contributed by atoms with Crippen molar-refractivity contribution in [1.29, 1.82) is 0 Å². The molecule has 1 aliphatic heterocycles. The van der Waals surface area contributed by atoms with Gasteiger partial charge in [0.2, 0.25) is 0 Å². The highest BCUT2D eigenvalue weighted by molar-refractivity contribution is 7.98. The van der Waals surface area contributed by atoms with Gasteiger partial charge in [-0.25, -0.2) is 0 Å². The molecule has 1 aliphatic rings. The zero-order valence-corrected chi connectivity index (χ0v) is 15.3. The fourth-order valence-electron chi connectivity index (χ4n) is 3.18. The number of halogens is 1. The van der Waals surface area contributed by atoms with Crippen LogP contribution in [0.3, 0.4) is 0 Å². The lowest BCUT2D eigenvalue weighted by Crippen LogP contribution is -2.29. The molecular formula is C19H18ClNO3S. The van der Waals surface area contributed by atoms with Gasteiger partial charge in [-0.2, -0.15) is 0 Å². The van der Waals surface area contributed by atoms with E-state index >= 15 is 0 Å². The van der Waals surface area contributed by atoms with E-state index in [9.17, 15) is 14.7 Å². The Hall–Kier alpha value is -1.98. The van der Waals surface area contributed by atoms with Gasteiger partial charge in [-0.15, -0.1) is 11.8 Å². The number of likely N-dealkylation sites (tertiary alicyclic amines) is 1. The SMILES string of the molecule is CSc1ccc(C(=O)N2C[C@@H](C(=O)O)[C@H](c3ccc(Cl)cc3)C2)cc1. The third-order valence-electron chi connectivity index (χ3n) is 4.56. The normalized spacial score (nSPS) is 19.8. The van der Waals surface area contributed by atoms with Crippen LogP contribution in [-0.2, 0) is 4.79 Å². The molecule has 1 amide bonds. The molecule has 6 heteroatoms. The Morgan fingerprint density at radius 2 is 1.72 bits per heavy atom. The fourth-order valence-corrected chi connectivity index (χ4v) is 3.72. The molecule has 0 aromatic heterocycles. The Labute approximate surface area is 155 Å². The van der Waals surface area contributed by atoms with Crippen molar-refractivity contribution in [2.24, 2.45) is 5.92 Å². The third-order valence-corrected chi connectivity index (χ3v) is 5.55. The summed E-state index contributed by atoms with van der Waals surface area (Å²) in [6, 6.07) is 14.6. The molecule has 0 saturated carbocycles. The number of carbonyl (C=O) groups is 2. The second kappa shape index (κ2) is 7.50. The Morgan fingerprint density at radius 3 is 2.28 bits per heavy atom. The van der Waals surface area contributed by atoms with Gasteiger partial charge in [-0.05, 0) is 48.2 Å². The van der Waals surface area contributed by atoms with E-state index in [1.165, 1.54) is 0 Å². The summed E-state index contributed by atoms with van der Waals surface area (Å²) < 4.78 is 0. The smallest absolute Gasteiger partial charge is 0.308 e. The predicted molar refractivity (Wildman–Crippen MR) is 99.4 cm³/mol. The first-order valence-electron chi connectivity index (χ1n) is 7.91. The highest BCUT2D eigenvalue weighted by Crippen LogP contribution is 2.34. The van der Waals surface area contributed by atoms with Crippen LogP contribution in [0.1, 0.15) is 21.8 Å².